The van der Waals surface area contributed by atoms with Crippen molar-refractivity contribution in [1.82, 2.24) is 0 Å². The smallest absolute Gasteiger partial charge is 0.308 e. The van der Waals surface area contributed by atoms with Crippen molar-refractivity contribution >= 4 is 33.3 Å². The number of hydrogen-bond donors (Lipinski definition) is 1. The van der Waals surface area contributed by atoms with E-state index in [-0.39, 0.29) is 28.6 Å². The molecule has 0 aliphatic carbocycles. The zero-order valence-electron chi connectivity index (χ0n) is 13.2. The molecule has 0 radical (unpaired) electrons. The summed E-state index contributed by atoms with van der Waals surface area (Å²) in [4.78, 5) is 11.0. The molecule has 6 nitrogen and oxygen atoms in total. The highest BCUT2D eigenvalue weighted by atomic mass is 35.5. The van der Waals surface area contributed by atoms with E-state index in [1.807, 2.05) is 0 Å². The van der Waals surface area contributed by atoms with Crippen LogP contribution in [0.2, 0.25) is 5.02 Å². The molecule has 0 fully saturated rings. The topological polar surface area (TPSA) is 81.7 Å². The lowest BCUT2D eigenvalue weighted by molar-refractivity contribution is -0.141. The highest BCUT2D eigenvalue weighted by Crippen LogP contribution is 2.26. The molecule has 25 heavy (non-hydrogen) atoms. The minimum absolute atomic E-state index is 0.0202. The van der Waals surface area contributed by atoms with E-state index >= 15 is 0 Å². The van der Waals surface area contributed by atoms with Crippen molar-refractivity contribution in [2.45, 2.75) is 11.3 Å². The Morgan fingerprint density at radius 3 is 2.48 bits per heavy atom. The Hall–Kier alpha value is -2.32. The molecule has 0 atom stereocenters. The van der Waals surface area contributed by atoms with Crippen LogP contribution >= 0.6 is 11.6 Å². The van der Waals surface area contributed by atoms with Gasteiger partial charge in [-0.05, 0) is 42.5 Å². The van der Waals surface area contributed by atoms with E-state index in [9.17, 15) is 17.6 Å². The third-order valence-corrected chi connectivity index (χ3v) is 4.81. The van der Waals surface area contributed by atoms with E-state index in [4.69, 9.17) is 16.3 Å². The quantitative estimate of drug-likeness (QED) is 0.737. The second-order valence-corrected chi connectivity index (χ2v) is 6.97. The Balaban J connectivity index is 2.05. The summed E-state index contributed by atoms with van der Waals surface area (Å²) in [5.74, 6) is -0.566. The maximum Gasteiger partial charge on any atom is 0.308 e. The van der Waals surface area contributed by atoms with Gasteiger partial charge < -0.3 is 9.47 Å². The van der Waals surface area contributed by atoms with Crippen molar-refractivity contribution in [3.05, 3.63) is 53.3 Å². The highest BCUT2D eigenvalue weighted by molar-refractivity contribution is 7.92. The molecule has 0 saturated heterocycles. The maximum absolute atomic E-state index is 13.0. The number of ether oxygens (including phenoxy) is 2. The van der Waals surface area contributed by atoms with Gasteiger partial charge in [-0.25, -0.2) is 12.8 Å². The largest absolute Gasteiger partial charge is 0.493 e. The molecule has 2 rings (SSSR count). The average Bonchev–Trinajstić information content (AvgIpc) is 2.57. The second kappa shape index (κ2) is 8.17. The number of halogens is 2. The Labute approximate surface area is 149 Å². The van der Waals surface area contributed by atoms with Crippen LogP contribution in [0.5, 0.6) is 5.75 Å². The van der Waals surface area contributed by atoms with E-state index in [0.29, 0.717) is 5.75 Å². The first-order valence-corrected chi connectivity index (χ1v) is 8.95. The minimum atomic E-state index is -3.89. The molecule has 0 heterocycles. The summed E-state index contributed by atoms with van der Waals surface area (Å²) in [6, 6.07) is 8.94. The van der Waals surface area contributed by atoms with Crippen LogP contribution in [0.1, 0.15) is 6.42 Å². The summed E-state index contributed by atoms with van der Waals surface area (Å²) < 4.78 is 49.8. The Bertz CT molecular complexity index is 855. The van der Waals surface area contributed by atoms with Gasteiger partial charge in [0, 0.05) is 0 Å². The van der Waals surface area contributed by atoms with Crippen molar-refractivity contribution in [2.75, 3.05) is 18.4 Å². The van der Waals surface area contributed by atoms with Gasteiger partial charge >= 0.3 is 5.97 Å². The number of esters is 1. The van der Waals surface area contributed by atoms with Crippen LogP contribution in [-0.2, 0) is 19.6 Å². The number of sulfonamides is 1. The molecule has 0 bridgehead atoms. The lowest BCUT2D eigenvalue weighted by Crippen LogP contribution is -2.13. The summed E-state index contributed by atoms with van der Waals surface area (Å²) >= 11 is 5.82. The molecule has 0 amide bonds. The summed E-state index contributed by atoms with van der Waals surface area (Å²) in [5, 5.41) is -0.0497. The van der Waals surface area contributed by atoms with Gasteiger partial charge in [0.2, 0.25) is 0 Å². The number of carbonyl (C=O) groups is 1. The normalized spacial score (nSPS) is 11.0. The van der Waals surface area contributed by atoms with E-state index in [0.717, 1.165) is 12.1 Å². The SMILES string of the molecule is COC(=O)CCOc1ccc(S(=O)(=O)Nc2ccc(F)cc2Cl)cc1. The van der Waals surface area contributed by atoms with Crippen LogP contribution in [0.3, 0.4) is 0 Å². The predicted molar refractivity (Wildman–Crippen MR) is 90.8 cm³/mol. The third-order valence-electron chi connectivity index (χ3n) is 3.11. The van der Waals surface area contributed by atoms with E-state index in [1.165, 1.54) is 37.4 Å². The summed E-state index contributed by atoms with van der Waals surface area (Å²) in [6.45, 7) is 0.113. The zero-order valence-corrected chi connectivity index (χ0v) is 14.7. The van der Waals surface area contributed by atoms with Gasteiger partial charge in [-0.3, -0.25) is 9.52 Å². The maximum atomic E-state index is 13.0. The fraction of sp³-hybridized carbons (Fsp3) is 0.188. The Morgan fingerprint density at radius 2 is 1.88 bits per heavy atom. The van der Waals surface area contributed by atoms with Crippen LogP contribution in [0.4, 0.5) is 10.1 Å². The molecular formula is C16H15ClFNO5S. The molecule has 0 aliphatic heterocycles. The molecule has 9 heteroatoms. The summed E-state index contributed by atoms with van der Waals surface area (Å²) in [7, 11) is -2.61. The highest BCUT2D eigenvalue weighted by Gasteiger charge is 2.16. The van der Waals surface area contributed by atoms with Crippen LogP contribution in [0, 0.1) is 5.82 Å². The van der Waals surface area contributed by atoms with Gasteiger partial charge in [0.05, 0.1) is 35.7 Å². The zero-order chi connectivity index (χ0) is 18.4. The fourth-order valence-electron chi connectivity index (χ4n) is 1.85. The molecule has 0 unspecified atom stereocenters. The average molecular weight is 388 g/mol. The van der Waals surface area contributed by atoms with Crippen LogP contribution in [0.25, 0.3) is 0 Å². The standard InChI is InChI=1S/C16H15ClFNO5S/c1-23-16(20)8-9-24-12-3-5-13(6-4-12)25(21,22)19-15-7-2-11(18)10-14(15)17/h2-7,10,19H,8-9H2,1H3. The van der Waals surface area contributed by atoms with Gasteiger partial charge in [0.1, 0.15) is 11.6 Å². The fourth-order valence-corrected chi connectivity index (χ4v) is 3.20. The van der Waals surface area contributed by atoms with Crippen molar-refractivity contribution in [3.63, 3.8) is 0 Å². The Morgan fingerprint density at radius 1 is 1.20 bits per heavy atom. The lowest BCUT2D eigenvalue weighted by atomic mass is 10.3. The van der Waals surface area contributed by atoms with Gasteiger partial charge in [0.25, 0.3) is 10.0 Å². The molecule has 0 aromatic heterocycles. The van der Waals surface area contributed by atoms with Crippen molar-refractivity contribution in [1.29, 1.82) is 0 Å². The monoisotopic (exact) mass is 387 g/mol. The summed E-state index contributed by atoms with van der Waals surface area (Å²) in [5.41, 5.74) is 0.0708. The van der Waals surface area contributed by atoms with Gasteiger partial charge in [-0.15, -0.1) is 0 Å². The molecule has 0 saturated carbocycles. The molecule has 2 aromatic carbocycles. The molecule has 134 valence electrons. The van der Waals surface area contributed by atoms with Gasteiger partial charge in [-0.2, -0.15) is 0 Å². The predicted octanol–water partition coefficient (Wildman–Crippen LogP) is 3.22. The first kappa shape index (κ1) is 19.0. The number of anilines is 1. The first-order valence-electron chi connectivity index (χ1n) is 7.09. The first-order chi connectivity index (χ1) is 11.8. The van der Waals surface area contributed by atoms with E-state index < -0.39 is 21.8 Å². The molecule has 2 aromatic rings. The summed E-state index contributed by atoms with van der Waals surface area (Å²) in [6.07, 6.45) is 0.0845. The number of methoxy groups -OCH3 is 1. The second-order valence-electron chi connectivity index (χ2n) is 4.88. The van der Waals surface area contributed by atoms with Crippen molar-refractivity contribution < 1.29 is 27.1 Å². The van der Waals surface area contributed by atoms with Gasteiger partial charge in [0.15, 0.2) is 0 Å². The Kier molecular flexibility index (Phi) is 6.22. The molecule has 0 spiro atoms. The minimum Gasteiger partial charge on any atom is -0.493 e. The number of hydrogen-bond acceptors (Lipinski definition) is 5. The lowest BCUT2D eigenvalue weighted by Gasteiger charge is -2.10. The molecule has 0 aliphatic rings. The van der Waals surface area contributed by atoms with Crippen molar-refractivity contribution in [2.24, 2.45) is 0 Å². The molecule has 1 N–H and O–H groups in total. The number of rotatable bonds is 7. The number of nitrogens with one attached hydrogen (secondary N) is 1. The van der Waals surface area contributed by atoms with Crippen LogP contribution in [-0.4, -0.2) is 28.1 Å². The van der Waals surface area contributed by atoms with E-state index in [2.05, 4.69) is 9.46 Å². The van der Waals surface area contributed by atoms with E-state index in [1.54, 1.807) is 0 Å². The molecular weight excluding hydrogens is 373 g/mol. The van der Waals surface area contributed by atoms with Crippen LogP contribution < -0.4 is 9.46 Å². The van der Waals surface area contributed by atoms with Crippen molar-refractivity contribution in [3.8, 4) is 5.75 Å². The third kappa shape index (κ3) is 5.33. The van der Waals surface area contributed by atoms with Gasteiger partial charge in [-0.1, -0.05) is 11.6 Å². The number of carbonyl (C=O) groups excluding carboxylic acids is 1. The number of benzene rings is 2. The van der Waals surface area contributed by atoms with Crippen LogP contribution in [0.15, 0.2) is 47.4 Å².